The third kappa shape index (κ3) is 2.84. The molecule has 0 saturated heterocycles. The Balaban J connectivity index is 1.87. The maximum Gasteiger partial charge on any atom is 0.253 e. The van der Waals surface area contributed by atoms with Crippen molar-refractivity contribution >= 4 is 22.5 Å². The van der Waals surface area contributed by atoms with Crippen molar-refractivity contribution in [2.75, 3.05) is 18.4 Å². The second-order valence-electron chi connectivity index (χ2n) is 5.60. The first kappa shape index (κ1) is 13.9. The topological polar surface area (TPSA) is 54.0 Å². The van der Waals surface area contributed by atoms with Crippen LogP contribution < -0.4 is 10.6 Å². The molecular formula is C17H21N3O. The van der Waals surface area contributed by atoms with Gasteiger partial charge in [-0.15, -0.1) is 0 Å². The Morgan fingerprint density at radius 1 is 1.29 bits per heavy atom. The first-order valence-corrected chi connectivity index (χ1v) is 7.69. The van der Waals surface area contributed by atoms with Gasteiger partial charge in [0, 0.05) is 24.7 Å². The van der Waals surface area contributed by atoms with Crippen LogP contribution in [0.4, 0.5) is 5.82 Å². The van der Waals surface area contributed by atoms with Crippen molar-refractivity contribution in [1.82, 2.24) is 10.3 Å². The zero-order valence-corrected chi connectivity index (χ0v) is 12.4. The molecule has 1 fully saturated rings. The third-order valence-corrected chi connectivity index (χ3v) is 4.16. The minimum Gasteiger partial charge on any atom is -0.370 e. The van der Waals surface area contributed by atoms with Gasteiger partial charge in [0.05, 0.1) is 5.56 Å². The number of aromatic nitrogens is 1. The normalized spacial score (nSPS) is 14.7. The minimum absolute atomic E-state index is 0.0198. The van der Waals surface area contributed by atoms with Crippen molar-refractivity contribution in [3.63, 3.8) is 0 Å². The van der Waals surface area contributed by atoms with Gasteiger partial charge in [0.25, 0.3) is 5.91 Å². The lowest BCUT2D eigenvalue weighted by molar-refractivity contribution is 0.0940. The summed E-state index contributed by atoms with van der Waals surface area (Å²) in [7, 11) is 0. The summed E-state index contributed by atoms with van der Waals surface area (Å²) in [6.45, 7) is 3.63. The number of anilines is 1. The summed E-state index contributed by atoms with van der Waals surface area (Å²) in [4.78, 5) is 16.8. The fourth-order valence-electron chi connectivity index (χ4n) is 2.71. The van der Waals surface area contributed by atoms with E-state index in [0.29, 0.717) is 11.5 Å². The summed E-state index contributed by atoms with van der Waals surface area (Å²) in [6.07, 6.45) is 5.44. The molecule has 0 atom stereocenters. The molecule has 1 heterocycles. The van der Waals surface area contributed by atoms with Crippen LogP contribution in [0, 0.1) is 5.92 Å². The van der Waals surface area contributed by atoms with E-state index in [0.717, 1.165) is 29.7 Å². The van der Waals surface area contributed by atoms with Gasteiger partial charge in [-0.25, -0.2) is 4.98 Å². The predicted octanol–water partition coefficient (Wildman–Crippen LogP) is 3.20. The van der Waals surface area contributed by atoms with Crippen LogP contribution in [-0.2, 0) is 0 Å². The van der Waals surface area contributed by atoms with E-state index in [1.165, 1.54) is 19.3 Å². The summed E-state index contributed by atoms with van der Waals surface area (Å²) in [5.41, 5.74) is 0.659. The molecule has 4 nitrogen and oxygen atoms in total. The molecule has 0 bridgehead atoms. The lowest BCUT2D eigenvalue weighted by atomic mass is 9.85. The van der Waals surface area contributed by atoms with Gasteiger partial charge >= 0.3 is 0 Å². The van der Waals surface area contributed by atoms with Crippen LogP contribution >= 0.6 is 0 Å². The van der Waals surface area contributed by atoms with Gasteiger partial charge in [0.15, 0.2) is 0 Å². The first-order valence-electron chi connectivity index (χ1n) is 7.69. The summed E-state index contributed by atoms with van der Waals surface area (Å²) in [5, 5.41) is 8.24. The number of pyridine rings is 1. The van der Waals surface area contributed by atoms with Crippen LogP contribution in [0.3, 0.4) is 0 Å². The zero-order chi connectivity index (χ0) is 14.7. The molecule has 21 heavy (non-hydrogen) atoms. The molecule has 1 amide bonds. The highest BCUT2D eigenvalue weighted by Gasteiger charge is 2.19. The highest BCUT2D eigenvalue weighted by atomic mass is 16.1. The fourth-order valence-corrected chi connectivity index (χ4v) is 2.71. The average molecular weight is 283 g/mol. The van der Waals surface area contributed by atoms with Crippen molar-refractivity contribution in [1.29, 1.82) is 0 Å². The molecule has 4 heteroatoms. The number of nitrogens with zero attached hydrogens (tertiary/aromatic N) is 1. The lowest BCUT2D eigenvalue weighted by Crippen LogP contribution is -2.32. The Labute approximate surface area is 125 Å². The number of amides is 1. The van der Waals surface area contributed by atoms with E-state index in [9.17, 15) is 4.79 Å². The molecule has 1 aromatic carbocycles. The Kier molecular flexibility index (Phi) is 4.04. The predicted molar refractivity (Wildman–Crippen MR) is 85.6 cm³/mol. The van der Waals surface area contributed by atoms with E-state index in [1.54, 1.807) is 6.20 Å². The summed E-state index contributed by atoms with van der Waals surface area (Å²) in [5.74, 6) is 1.48. The van der Waals surface area contributed by atoms with E-state index >= 15 is 0 Å². The maximum absolute atomic E-state index is 12.4. The van der Waals surface area contributed by atoms with E-state index < -0.39 is 0 Å². The van der Waals surface area contributed by atoms with Crippen LogP contribution in [0.5, 0.6) is 0 Å². The van der Waals surface area contributed by atoms with Gasteiger partial charge in [-0.1, -0.05) is 30.7 Å². The lowest BCUT2D eigenvalue weighted by Gasteiger charge is -2.25. The molecule has 0 radical (unpaired) electrons. The monoisotopic (exact) mass is 283 g/mol. The second-order valence-corrected chi connectivity index (χ2v) is 5.60. The van der Waals surface area contributed by atoms with Crippen molar-refractivity contribution in [2.45, 2.75) is 26.2 Å². The molecule has 1 aliphatic carbocycles. The molecule has 110 valence electrons. The SMILES string of the molecule is CCNc1ncc(C(=O)NCC2CCC2)c2ccccc12. The molecule has 0 unspecified atom stereocenters. The van der Waals surface area contributed by atoms with Gasteiger partial charge in [-0.3, -0.25) is 4.79 Å². The number of hydrogen-bond donors (Lipinski definition) is 2. The average Bonchev–Trinajstić information content (AvgIpc) is 2.46. The number of rotatable bonds is 5. The van der Waals surface area contributed by atoms with E-state index in [-0.39, 0.29) is 5.91 Å². The minimum atomic E-state index is -0.0198. The number of fused-ring (bicyclic) bond motifs is 1. The van der Waals surface area contributed by atoms with E-state index in [1.807, 2.05) is 31.2 Å². The molecule has 0 aliphatic heterocycles. The fraction of sp³-hybridized carbons (Fsp3) is 0.412. The van der Waals surface area contributed by atoms with Crippen LogP contribution in [0.25, 0.3) is 10.8 Å². The van der Waals surface area contributed by atoms with Gasteiger partial charge in [0.2, 0.25) is 0 Å². The second kappa shape index (κ2) is 6.12. The number of hydrogen-bond acceptors (Lipinski definition) is 3. The van der Waals surface area contributed by atoms with Gasteiger partial charge in [-0.05, 0) is 31.1 Å². The first-order chi connectivity index (χ1) is 10.3. The zero-order valence-electron chi connectivity index (χ0n) is 12.4. The van der Waals surface area contributed by atoms with Crippen molar-refractivity contribution in [2.24, 2.45) is 5.92 Å². The van der Waals surface area contributed by atoms with Crippen molar-refractivity contribution in [3.8, 4) is 0 Å². The van der Waals surface area contributed by atoms with E-state index in [2.05, 4.69) is 15.6 Å². The smallest absolute Gasteiger partial charge is 0.253 e. The molecule has 3 rings (SSSR count). The maximum atomic E-state index is 12.4. The molecular weight excluding hydrogens is 262 g/mol. The molecule has 0 spiro atoms. The van der Waals surface area contributed by atoms with Gasteiger partial charge in [-0.2, -0.15) is 0 Å². The Morgan fingerprint density at radius 2 is 2.05 bits per heavy atom. The van der Waals surface area contributed by atoms with Crippen molar-refractivity contribution < 1.29 is 4.79 Å². The van der Waals surface area contributed by atoms with Crippen molar-refractivity contribution in [3.05, 3.63) is 36.0 Å². The van der Waals surface area contributed by atoms with Crippen LogP contribution in [-0.4, -0.2) is 24.0 Å². The number of carbonyl (C=O) groups is 1. The summed E-state index contributed by atoms with van der Waals surface area (Å²) < 4.78 is 0. The number of nitrogens with one attached hydrogen (secondary N) is 2. The molecule has 1 aliphatic rings. The highest BCUT2D eigenvalue weighted by molar-refractivity contribution is 6.09. The molecule has 1 aromatic heterocycles. The highest BCUT2D eigenvalue weighted by Crippen LogP contribution is 2.26. The number of carbonyl (C=O) groups excluding carboxylic acids is 1. The standard InChI is InChI=1S/C17H21N3O/c1-2-18-16-14-9-4-3-8-13(14)15(11-19-16)17(21)20-10-12-6-5-7-12/h3-4,8-9,11-12H,2,5-7,10H2,1H3,(H,18,19)(H,20,21). The number of benzene rings is 1. The Hall–Kier alpha value is -2.10. The Bertz CT molecular complexity index is 650. The van der Waals surface area contributed by atoms with Crippen LogP contribution in [0.1, 0.15) is 36.5 Å². The van der Waals surface area contributed by atoms with Gasteiger partial charge < -0.3 is 10.6 Å². The quantitative estimate of drug-likeness (QED) is 0.886. The summed E-state index contributed by atoms with van der Waals surface area (Å²) in [6, 6.07) is 7.92. The third-order valence-electron chi connectivity index (χ3n) is 4.16. The molecule has 1 saturated carbocycles. The van der Waals surface area contributed by atoms with Gasteiger partial charge in [0.1, 0.15) is 5.82 Å². The van der Waals surface area contributed by atoms with Crippen LogP contribution in [0.2, 0.25) is 0 Å². The summed E-state index contributed by atoms with van der Waals surface area (Å²) >= 11 is 0. The molecule has 2 N–H and O–H groups in total. The molecule has 2 aromatic rings. The van der Waals surface area contributed by atoms with Crippen LogP contribution in [0.15, 0.2) is 30.5 Å². The Morgan fingerprint density at radius 3 is 2.71 bits per heavy atom. The largest absolute Gasteiger partial charge is 0.370 e. The van der Waals surface area contributed by atoms with E-state index in [4.69, 9.17) is 0 Å².